The zero-order chi connectivity index (χ0) is 21.0. The van der Waals surface area contributed by atoms with Crippen molar-refractivity contribution in [2.24, 2.45) is 5.92 Å². The molecule has 6 heteroatoms. The molecule has 3 rings (SSSR count). The van der Waals surface area contributed by atoms with Gasteiger partial charge in [0.05, 0.1) is 11.2 Å². The van der Waals surface area contributed by atoms with Crippen molar-refractivity contribution in [3.8, 4) is 11.1 Å². The highest BCUT2D eigenvalue weighted by Crippen LogP contribution is 2.36. The summed E-state index contributed by atoms with van der Waals surface area (Å²) in [5.74, 6) is 0.363. The van der Waals surface area contributed by atoms with E-state index < -0.39 is 0 Å². The largest absolute Gasteiger partial charge is 0.351 e. The van der Waals surface area contributed by atoms with Gasteiger partial charge in [0.1, 0.15) is 5.69 Å². The molecule has 29 heavy (non-hydrogen) atoms. The first-order valence-electron chi connectivity index (χ1n) is 9.89. The van der Waals surface area contributed by atoms with Crippen LogP contribution in [0.5, 0.6) is 0 Å². The fourth-order valence-corrected chi connectivity index (χ4v) is 3.36. The Labute approximate surface area is 171 Å². The van der Waals surface area contributed by atoms with Crippen LogP contribution in [-0.2, 0) is 0 Å². The number of aryl methyl sites for hydroxylation is 1. The third kappa shape index (κ3) is 4.59. The Morgan fingerprint density at radius 3 is 2.48 bits per heavy atom. The number of rotatable bonds is 6. The fourth-order valence-electron chi connectivity index (χ4n) is 3.36. The molecule has 0 saturated carbocycles. The van der Waals surface area contributed by atoms with Crippen molar-refractivity contribution in [2.75, 3.05) is 18.9 Å². The zero-order valence-electron chi connectivity index (χ0n) is 17.3. The van der Waals surface area contributed by atoms with Gasteiger partial charge >= 0.3 is 6.03 Å². The number of hydrogen-bond donors (Lipinski definition) is 4. The summed E-state index contributed by atoms with van der Waals surface area (Å²) < 4.78 is 0. The molecular formula is C23H28N4O2. The molecule has 0 spiro atoms. The number of aromatic nitrogens is 1. The molecule has 6 nitrogen and oxygen atoms in total. The minimum atomic E-state index is -0.310. The van der Waals surface area contributed by atoms with Crippen molar-refractivity contribution >= 4 is 28.5 Å². The second-order valence-corrected chi connectivity index (χ2v) is 7.62. The summed E-state index contributed by atoms with van der Waals surface area (Å²) in [6.07, 6.45) is 0.912. The van der Waals surface area contributed by atoms with Crippen molar-refractivity contribution in [3.05, 3.63) is 53.7 Å². The molecule has 3 aromatic rings. The Morgan fingerprint density at radius 1 is 1.10 bits per heavy atom. The average Bonchev–Trinajstić information content (AvgIpc) is 3.07. The van der Waals surface area contributed by atoms with E-state index in [4.69, 9.17) is 0 Å². The first-order valence-corrected chi connectivity index (χ1v) is 9.89. The highest BCUT2D eigenvalue weighted by Gasteiger charge is 2.21. The van der Waals surface area contributed by atoms with E-state index >= 15 is 0 Å². The van der Waals surface area contributed by atoms with E-state index in [2.05, 4.69) is 34.8 Å². The number of carbonyl (C=O) groups is 2. The van der Waals surface area contributed by atoms with Gasteiger partial charge in [-0.3, -0.25) is 4.79 Å². The van der Waals surface area contributed by atoms with Crippen LogP contribution in [0.3, 0.4) is 0 Å². The Hall–Kier alpha value is -3.28. The van der Waals surface area contributed by atoms with E-state index in [0.29, 0.717) is 23.8 Å². The van der Waals surface area contributed by atoms with Crippen LogP contribution in [0.1, 0.15) is 36.3 Å². The van der Waals surface area contributed by atoms with E-state index in [1.54, 1.807) is 7.05 Å². The van der Waals surface area contributed by atoms with Gasteiger partial charge < -0.3 is 20.9 Å². The molecule has 0 aliphatic carbocycles. The van der Waals surface area contributed by atoms with Crippen LogP contribution in [0.25, 0.3) is 22.0 Å². The van der Waals surface area contributed by atoms with Gasteiger partial charge in [-0.2, -0.15) is 0 Å². The molecule has 0 atom stereocenters. The summed E-state index contributed by atoms with van der Waals surface area (Å²) in [4.78, 5) is 28.2. The molecular weight excluding hydrogens is 364 g/mol. The lowest BCUT2D eigenvalue weighted by molar-refractivity contribution is 0.0948. The molecule has 0 aliphatic heterocycles. The van der Waals surface area contributed by atoms with E-state index in [1.165, 1.54) is 0 Å². The van der Waals surface area contributed by atoms with Crippen LogP contribution in [0.15, 0.2) is 42.5 Å². The summed E-state index contributed by atoms with van der Waals surface area (Å²) in [5.41, 5.74) is 4.65. The molecule has 4 N–H and O–H groups in total. The van der Waals surface area contributed by atoms with Gasteiger partial charge in [-0.15, -0.1) is 0 Å². The molecule has 0 saturated heterocycles. The van der Waals surface area contributed by atoms with Crippen LogP contribution < -0.4 is 16.0 Å². The monoisotopic (exact) mass is 392 g/mol. The molecule has 3 amide bonds. The maximum Gasteiger partial charge on any atom is 0.319 e. The number of carbonyl (C=O) groups excluding carboxylic acids is 2. The minimum absolute atomic E-state index is 0.149. The van der Waals surface area contributed by atoms with Crippen molar-refractivity contribution in [1.29, 1.82) is 0 Å². The number of urea groups is 1. The lowest BCUT2D eigenvalue weighted by Gasteiger charge is -2.09. The van der Waals surface area contributed by atoms with Gasteiger partial charge in [0.25, 0.3) is 5.91 Å². The Bertz CT molecular complexity index is 1020. The molecule has 0 aliphatic rings. The van der Waals surface area contributed by atoms with Gasteiger partial charge in [0.15, 0.2) is 0 Å². The lowest BCUT2D eigenvalue weighted by atomic mass is 10.00. The maximum absolute atomic E-state index is 13.0. The van der Waals surface area contributed by atoms with E-state index in [9.17, 15) is 9.59 Å². The first kappa shape index (κ1) is 20.5. The van der Waals surface area contributed by atoms with Crippen LogP contribution >= 0.6 is 0 Å². The predicted molar refractivity (Wildman–Crippen MR) is 118 cm³/mol. The van der Waals surface area contributed by atoms with Gasteiger partial charge in [-0.1, -0.05) is 44.2 Å². The average molecular weight is 393 g/mol. The number of aromatic amines is 1. The number of anilines is 1. The van der Waals surface area contributed by atoms with Gasteiger partial charge in [0.2, 0.25) is 0 Å². The number of benzene rings is 2. The molecule has 2 aromatic carbocycles. The summed E-state index contributed by atoms with van der Waals surface area (Å²) in [5, 5.41) is 9.34. The lowest BCUT2D eigenvalue weighted by Crippen LogP contribution is -2.26. The second kappa shape index (κ2) is 8.82. The standard InChI is InChI=1S/C23H28N4O2/c1-14(2)10-11-25-22(28)21-19(16-8-6-5-7-9-16)17-12-15(3)13-18(20(17)27-21)26-23(29)24-4/h5-9,12-14,27H,10-11H2,1-4H3,(H,25,28)(H2,24,26,29). The van der Waals surface area contributed by atoms with E-state index in [1.807, 2.05) is 49.4 Å². The zero-order valence-corrected chi connectivity index (χ0v) is 17.3. The Kier molecular flexibility index (Phi) is 6.22. The van der Waals surface area contributed by atoms with E-state index in [-0.39, 0.29) is 11.9 Å². The smallest absolute Gasteiger partial charge is 0.319 e. The third-order valence-corrected chi connectivity index (χ3v) is 4.82. The summed E-state index contributed by atoms with van der Waals surface area (Å²) in [6.45, 7) is 6.84. The highest BCUT2D eigenvalue weighted by molar-refractivity contribution is 6.13. The molecule has 1 aromatic heterocycles. The predicted octanol–water partition coefficient (Wildman–Crippen LogP) is 4.67. The third-order valence-electron chi connectivity index (χ3n) is 4.82. The summed E-state index contributed by atoms with van der Waals surface area (Å²) in [6, 6.07) is 13.4. The van der Waals surface area contributed by atoms with Crippen molar-refractivity contribution in [3.63, 3.8) is 0 Å². The quantitative estimate of drug-likeness (QED) is 0.491. The number of fused-ring (bicyclic) bond motifs is 1. The SMILES string of the molecule is CNC(=O)Nc1cc(C)cc2c(-c3ccccc3)c(C(=O)NCCC(C)C)[nH]c12. The van der Waals surface area contributed by atoms with Crippen LogP contribution in [0.4, 0.5) is 10.5 Å². The first-order chi connectivity index (χ1) is 13.9. The minimum Gasteiger partial charge on any atom is -0.351 e. The van der Waals surface area contributed by atoms with Crippen molar-refractivity contribution < 1.29 is 9.59 Å². The fraction of sp³-hybridized carbons (Fsp3) is 0.304. The topological polar surface area (TPSA) is 86.0 Å². The van der Waals surface area contributed by atoms with Crippen LogP contribution in [0.2, 0.25) is 0 Å². The number of H-pyrrole nitrogens is 1. The van der Waals surface area contributed by atoms with Gasteiger partial charge in [-0.25, -0.2) is 4.79 Å². The number of hydrogen-bond acceptors (Lipinski definition) is 2. The molecule has 0 radical (unpaired) electrons. The second-order valence-electron chi connectivity index (χ2n) is 7.62. The highest BCUT2D eigenvalue weighted by atomic mass is 16.2. The van der Waals surface area contributed by atoms with Crippen LogP contribution in [0, 0.1) is 12.8 Å². The Morgan fingerprint density at radius 2 is 1.83 bits per heavy atom. The molecule has 152 valence electrons. The maximum atomic E-state index is 13.0. The Balaban J connectivity index is 2.14. The molecule has 0 bridgehead atoms. The molecule has 0 unspecified atom stereocenters. The van der Waals surface area contributed by atoms with Crippen molar-refractivity contribution in [1.82, 2.24) is 15.6 Å². The van der Waals surface area contributed by atoms with Gasteiger partial charge in [0, 0.05) is 24.5 Å². The molecule has 1 heterocycles. The normalized spacial score (nSPS) is 10.9. The van der Waals surface area contributed by atoms with Gasteiger partial charge in [-0.05, 0) is 42.5 Å². The number of nitrogens with one attached hydrogen (secondary N) is 4. The number of amides is 3. The van der Waals surface area contributed by atoms with E-state index in [0.717, 1.165) is 34.0 Å². The summed E-state index contributed by atoms with van der Waals surface area (Å²) >= 11 is 0. The summed E-state index contributed by atoms with van der Waals surface area (Å²) in [7, 11) is 1.57. The van der Waals surface area contributed by atoms with Crippen molar-refractivity contribution in [2.45, 2.75) is 27.2 Å². The van der Waals surface area contributed by atoms with Crippen LogP contribution in [-0.4, -0.2) is 30.5 Å². The molecule has 0 fully saturated rings.